The molecular formula is C9H19NO3. The lowest BCUT2D eigenvalue weighted by molar-refractivity contribution is -0.229. The van der Waals surface area contributed by atoms with E-state index in [0.717, 1.165) is 32.5 Å². The van der Waals surface area contributed by atoms with E-state index >= 15 is 0 Å². The van der Waals surface area contributed by atoms with Gasteiger partial charge in [0, 0.05) is 46.7 Å². The number of piperidine rings is 1. The molecule has 0 radical (unpaired) electrons. The minimum absolute atomic E-state index is 0.229. The summed E-state index contributed by atoms with van der Waals surface area (Å²) in [5.74, 6) is -0.383. The lowest BCUT2D eigenvalue weighted by atomic mass is 10.0. The van der Waals surface area contributed by atoms with Crippen molar-refractivity contribution < 1.29 is 14.6 Å². The van der Waals surface area contributed by atoms with Gasteiger partial charge in [0.2, 0.25) is 0 Å². The SMILES string of the molecule is COC1(OC)CCN(CCO)CC1. The van der Waals surface area contributed by atoms with Crippen molar-refractivity contribution in [2.75, 3.05) is 40.5 Å². The summed E-state index contributed by atoms with van der Waals surface area (Å²) in [5.41, 5.74) is 0. The van der Waals surface area contributed by atoms with Crippen LogP contribution in [-0.2, 0) is 9.47 Å². The van der Waals surface area contributed by atoms with Crippen LogP contribution in [0.1, 0.15) is 12.8 Å². The summed E-state index contributed by atoms with van der Waals surface area (Å²) in [4.78, 5) is 2.22. The van der Waals surface area contributed by atoms with Crippen molar-refractivity contribution in [2.45, 2.75) is 18.6 Å². The minimum Gasteiger partial charge on any atom is -0.395 e. The second-order valence-corrected chi connectivity index (χ2v) is 3.38. The highest BCUT2D eigenvalue weighted by molar-refractivity contribution is 4.79. The fourth-order valence-corrected chi connectivity index (χ4v) is 1.75. The molecule has 78 valence electrons. The van der Waals surface area contributed by atoms with Gasteiger partial charge >= 0.3 is 0 Å². The molecule has 1 heterocycles. The highest BCUT2D eigenvalue weighted by Crippen LogP contribution is 2.25. The van der Waals surface area contributed by atoms with Crippen LogP contribution in [0.2, 0.25) is 0 Å². The molecule has 0 aliphatic carbocycles. The van der Waals surface area contributed by atoms with Crippen molar-refractivity contribution in [1.29, 1.82) is 0 Å². The molecule has 0 amide bonds. The zero-order valence-corrected chi connectivity index (χ0v) is 8.45. The summed E-state index contributed by atoms with van der Waals surface area (Å²) >= 11 is 0. The molecule has 1 saturated heterocycles. The number of rotatable bonds is 4. The normalized spacial score (nSPS) is 23.3. The number of hydrogen-bond donors (Lipinski definition) is 1. The lowest BCUT2D eigenvalue weighted by Gasteiger charge is -2.39. The Labute approximate surface area is 79.4 Å². The average Bonchev–Trinajstić information content (AvgIpc) is 2.20. The predicted molar refractivity (Wildman–Crippen MR) is 49.5 cm³/mol. The van der Waals surface area contributed by atoms with Crippen molar-refractivity contribution >= 4 is 0 Å². The monoisotopic (exact) mass is 189 g/mol. The van der Waals surface area contributed by atoms with Crippen molar-refractivity contribution in [3.8, 4) is 0 Å². The maximum absolute atomic E-state index is 8.76. The highest BCUT2D eigenvalue weighted by Gasteiger charge is 2.33. The molecule has 4 heteroatoms. The van der Waals surface area contributed by atoms with Gasteiger partial charge in [0.1, 0.15) is 0 Å². The zero-order valence-electron chi connectivity index (χ0n) is 8.45. The second kappa shape index (κ2) is 4.91. The van der Waals surface area contributed by atoms with Crippen molar-refractivity contribution in [3.05, 3.63) is 0 Å². The molecule has 13 heavy (non-hydrogen) atoms. The fourth-order valence-electron chi connectivity index (χ4n) is 1.75. The Hall–Kier alpha value is -0.160. The largest absolute Gasteiger partial charge is 0.395 e. The third-order valence-corrected chi connectivity index (χ3v) is 2.78. The predicted octanol–water partition coefficient (Wildman–Crippen LogP) is 0.0636. The molecule has 0 unspecified atom stereocenters. The number of aliphatic hydroxyl groups is 1. The van der Waals surface area contributed by atoms with Crippen LogP contribution in [0, 0.1) is 0 Å². The minimum atomic E-state index is -0.383. The first kappa shape index (κ1) is 10.9. The van der Waals surface area contributed by atoms with Gasteiger partial charge in [0.05, 0.1) is 6.61 Å². The van der Waals surface area contributed by atoms with Crippen molar-refractivity contribution in [3.63, 3.8) is 0 Å². The van der Waals surface area contributed by atoms with E-state index < -0.39 is 0 Å². The molecule has 1 fully saturated rings. The van der Waals surface area contributed by atoms with Gasteiger partial charge in [-0.2, -0.15) is 0 Å². The molecule has 0 aromatic rings. The molecule has 0 saturated carbocycles. The summed E-state index contributed by atoms with van der Waals surface area (Å²) in [6.45, 7) is 2.85. The van der Waals surface area contributed by atoms with Crippen LogP contribution in [-0.4, -0.2) is 56.3 Å². The standard InChI is InChI=1S/C9H19NO3/c1-12-9(13-2)3-5-10(6-4-9)7-8-11/h11H,3-8H2,1-2H3. The third kappa shape index (κ3) is 2.64. The van der Waals surface area contributed by atoms with Gasteiger partial charge in [-0.1, -0.05) is 0 Å². The van der Waals surface area contributed by atoms with Gasteiger partial charge < -0.3 is 19.5 Å². The summed E-state index contributed by atoms with van der Waals surface area (Å²) in [6, 6.07) is 0. The summed E-state index contributed by atoms with van der Waals surface area (Å²) in [6.07, 6.45) is 1.75. The van der Waals surface area contributed by atoms with Crippen molar-refractivity contribution in [2.24, 2.45) is 0 Å². The fraction of sp³-hybridized carbons (Fsp3) is 1.00. The number of likely N-dealkylation sites (tertiary alicyclic amines) is 1. The molecule has 0 atom stereocenters. The van der Waals surface area contributed by atoms with E-state index in [4.69, 9.17) is 14.6 Å². The van der Waals surface area contributed by atoms with Crippen LogP contribution >= 0.6 is 0 Å². The van der Waals surface area contributed by atoms with Gasteiger partial charge in [-0.3, -0.25) is 0 Å². The second-order valence-electron chi connectivity index (χ2n) is 3.38. The Balaban J connectivity index is 2.36. The maximum Gasteiger partial charge on any atom is 0.169 e. The smallest absolute Gasteiger partial charge is 0.169 e. The van der Waals surface area contributed by atoms with Crippen LogP contribution in [0.5, 0.6) is 0 Å². The molecule has 1 rings (SSSR count). The lowest BCUT2D eigenvalue weighted by Crippen LogP contribution is -2.47. The van der Waals surface area contributed by atoms with E-state index in [1.807, 2.05) is 0 Å². The Kier molecular flexibility index (Phi) is 4.12. The van der Waals surface area contributed by atoms with Crippen molar-refractivity contribution in [1.82, 2.24) is 4.90 Å². The number of nitrogens with zero attached hydrogens (tertiary/aromatic N) is 1. The highest BCUT2D eigenvalue weighted by atomic mass is 16.7. The molecule has 1 aliphatic heterocycles. The van der Waals surface area contributed by atoms with E-state index in [1.165, 1.54) is 0 Å². The van der Waals surface area contributed by atoms with Gasteiger partial charge in [0.15, 0.2) is 5.79 Å². The molecule has 1 aliphatic rings. The topological polar surface area (TPSA) is 41.9 Å². The molecule has 0 aromatic carbocycles. The Bertz CT molecular complexity index is 138. The van der Waals surface area contributed by atoms with Gasteiger partial charge in [-0.05, 0) is 0 Å². The zero-order chi connectivity index (χ0) is 9.73. The Morgan fingerprint density at radius 2 is 1.77 bits per heavy atom. The molecule has 0 spiro atoms. The van der Waals surface area contributed by atoms with E-state index in [1.54, 1.807) is 14.2 Å². The Morgan fingerprint density at radius 1 is 1.23 bits per heavy atom. The summed E-state index contributed by atoms with van der Waals surface area (Å²) in [5, 5.41) is 8.76. The van der Waals surface area contributed by atoms with Crippen LogP contribution in [0.25, 0.3) is 0 Å². The number of aliphatic hydroxyl groups excluding tert-OH is 1. The first-order valence-corrected chi connectivity index (χ1v) is 4.70. The van der Waals surface area contributed by atoms with Crippen LogP contribution in [0.3, 0.4) is 0 Å². The quantitative estimate of drug-likeness (QED) is 0.635. The van der Waals surface area contributed by atoms with Gasteiger partial charge in [-0.25, -0.2) is 0 Å². The number of methoxy groups -OCH3 is 2. The maximum atomic E-state index is 8.76. The first-order valence-electron chi connectivity index (χ1n) is 4.70. The molecule has 4 nitrogen and oxygen atoms in total. The van der Waals surface area contributed by atoms with Crippen LogP contribution in [0.4, 0.5) is 0 Å². The Morgan fingerprint density at radius 3 is 2.15 bits per heavy atom. The number of β-amino-alcohol motifs (C(OH)–C–C–N with tert-alkyl or cyclic N) is 1. The van der Waals surface area contributed by atoms with E-state index in [-0.39, 0.29) is 12.4 Å². The van der Waals surface area contributed by atoms with Crippen LogP contribution in [0.15, 0.2) is 0 Å². The summed E-state index contributed by atoms with van der Waals surface area (Å²) < 4.78 is 10.7. The van der Waals surface area contributed by atoms with E-state index in [2.05, 4.69) is 4.90 Å². The molecule has 1 N–H and O–H groups in total. The van der Waals surface area contributed by atoms with Crippen LogP contribution < -0.4 is 0 Å². The molecular weight excluding hydrogens is 170 g/mol. The summed E-state index contributed by atoms with van der Waals surface area (Å²) in [7, 11) is 3.37. The van der Waals surface area contributed by atoms with E-state index in [9.17, 15) is 0 Å². The first-order chi connectivity index (χ1) is 6.26. The third-order valence-electron chi connectivity index (χ3n) is 2.78. The number of ether oxygens (including phenoxy) is 2. The molecule has 0 aromatic heterocycles. The van der Waals surface area contributed by atoms with Gasteiger partial charge in [0.25, 0.3) is 0 Å². The number of hydrogen-bond acceptors (Lipinski definition) is 4. The molecule has 0 bridgehead atoms. The van der Waals surface area contributed by atoms with E-state index in [0.29, 0.717) is 0 Å². The average molecular weight is 189 g/mol. The van der Waals surface area contributed by atoms with Gasteiger partial charge in [-0.15, -0.1) is 0 Å².